The maximum Gasteiger partial charge on any atom is 0.359 e. The summed E-state index contributed by atoms with van der Waals surface area (Å²) in [5, 5.41) is 17.7. The molecule has 0 spiro atoms. The van der Waals surface area contributed by atoms with E-state index >= 15 is 0 Å². The van der Waals surface area contributed by atoms with E-state index in [9.17, 15) is 19.5 Å². The Morgan fingerprint density at radius 2 is 2.24 bits per heavy atom. The van der Waals surface area contributed by atoms with Crippen LogP contribution in [-0.2, 0) is 39.1 Å². The number of hydrogen-bond donors (Lipinski definition) is 3. The van der Waals surface area contributed by atoms with E-state index in [4.69, 9.17) is 10.6 Å². The van der Waals surface area contributed by atoms with Gasteiger partial charge in [0.25, 0.3) is 17.5 Å². The van der Waals surface area contributed by atoms with Crippen LogP contribution >= 0.6 is 23.1 Å². The SMILES string of the molecule is C=CCON=C(C(=O)NC1C(=O)N2C(C(=O)O)=C([n+]3cc4c(n3C)CCC4)C(C)S[C@H]12)c1csc(N)n1. The molecule has 37 heavy (non-hydrogen) atoms. The summed E-state index contributed by atoms with van der Waals surface area (Å²) in [6.07, 6.45) is 6.38. The number of anilines is 1. The molecule has 3 atom stereocenters. The lowest BCUT2D eigenvalue weighted by molar-refractivity contribution is -0.672. The van der Waals surface area contributed by atoms with Gasteiger partial charge in [0.05, 0.1) is 18.0 Å². The summed E-state index contributed by atoms with van der Waals surface area (Å²) in [4.78, 5) is 49.3. The molecule has 12 nitrogen and oxygen atoms in total. The number of oxime groups is 1. The van der Waals surface area contributed by atoms with Gasteiger partial charge >= 0.3 is 5.97 Å². The number of nitrogens with zero attached hydrogens (tertiary/aromatic N) is 5. The molecule has 0 saturated carbocycles. The number of nitrogen functional groups attached to an aromatic ring is 1. The monoisotopic (exact) mass is 544 g/mol. The van der Waals surface area contributed by atoms with Crippen LogP contribution in [0.5, 0.6) is 0 Å². The predicted molar refractivity (Wildman–Crippen MR) is 137 cm³/mol. The van der Waals surface area contributed by atoms with Gasteiger partial charge < -0.3 is 21.0 Å². The predicted octanol–water partition coefficient (Wildman–Crippen LogP) is 0.489. The number of carbonyl (C=O) groups excluding carboxylic acids is 2. The van der Waals surface area contributed by atoms with Crippen molar-refractivity contribution < 1.29 is 29.0 Å². The third-order valence-electron chi connectivity index (χ3n) is 6.54. The number of carboxylic acids is 1. The van der Waals surface area contributed by atoms with E-state index < -0.39 is 29.2 Å². The van der Waals surface area contributed by atoms with Crippen molar-refractivity contribution in [1.29, 1.82) is 0 Å². The number of aromatic nitrogens is 3. The van der Waals surface area contributed by atoms with E-state index in [-0.39, 0.29) is 34.1 Å². The van der Waals surface area contributed by atoms with E-state index in [1.165, 1.54) is 34.0 Å². The molecule has 5 rings (SSSR count). The Bertz CT molecular complexity index is 1380. The largest absolute Gasteiger partial charge is 0.476 e. The van der Waals surface area contributed by atoms with Crippen LogP contribution < -0.4 is 15.7 Å². The quantitative estimate of drug-likeness (QED) is 0.108. The fourth-order valence-corrected chi connectivity index (χ4v) is 6.88. The van der Waals surface area contributed by atoms with Crippen molar-refractivity contribution in [2.45, 2.75) is 42.9 Å². The molecule has 14 heteroatoms. The van der Waals surface area contributed by atoms with Crippen LogP contribution in [0.4, 0.5) is 5.13 Å². The van der Waals surface area contributed by atoms with Crippen molar-refractivity contribution >= 4 is 57.4 Å². The summed E-state index contributed by atoms with van der Waals surface area (Å²) in [5.74, 6) is -2.39. The number of nitrogens with two attached hydrogens (primary N) is 1. The Morgan fingerprint density at radius 3 is 2.89 bits per heavy atom. The Balaban J connectivity index is 1.43. The number of aliphatic carboxylic acids is 1. The second-order valence-corrected chi connectivity index (χ2v) is 11.1. The van der Waals surface area contributed by atoms with Crippen molar-refractivity contribution in [2.75, 3.05) is 12.3 Å². The molecular formula is C23H26N7O5S2+. The van der Waals surface area contributed by atoms with Crippen LogP contribution in [0, 0.1) is 0 Å². The topological polar surface area (TPSA) is 156 Å². The number of rotatable bonds is 8. The molecule has 194 valence electrons. The number of carbonyl (C=O) groups is 3. The molecule has 0 radical (unpaired) electrons. The lowest BCUT2D eigenvalue weighted by atomic mass is 10.0. The van der Waals surface area contributed by atoms with Gasteiger partial charge in [-0.15, -0.1) is 23.1 Å². The first kappa shape index (κ1) is 25.0. The van der Waals surface area contributed by atoms with Crippen LogP contribution in [0.25, 0.3) is 5.70 Å². The maximum atomic E-state index is 13.2. The van der Waals surface area contributed by atoms with Crippen LogP contribution in [0.15, 0.2) is 35.1 Å². The minimum Gasteiger partial charge on any atom is -0.476 e. The number of β-lactam (4-membered cyclic amide) rings is 1. The van der Waals surface area contributed by atoms with Gasteiger partial charge in [-0.05, 0) is 26.2 Å². The van der Waals surface area contributed by atoms with Gasteiger partial charge in [-0.25, -0.2) is 9.78 Å². The first-order chi connectivity index (χ1) is 17.7. The highest BCUT2D eigenvalue weighted by molar-refractivity contribution is 8.01. The maximum absolute atomic E-state index is 13.2. The number of hydrogen-bond acceptors (Lipinski definition) is 9. The van der Waals surface area contributed by atoms with E-state index in [1.807, 2.05) is 29.5 Å². The van der Waals surface area contributed by atoms with Crippen molar-refractivity contribution in [3.63, 3.8) is 0 Å². The average Bonchev–Trinajstić information content (AvgIpc) is 3.57. The van der Waals surface area contributed by atoms with Crippen LogP contribution in [0.1, 0.15) is 30.3 Å². The standard InChI is InChI=1S/C23H25N7O5S2/c1-4-8-35-27-15(13-10-36-23(24)25-13)19(31)26-16-20(32)30-18(22(33)34)17(11(2)37-21(16)30)29-9-12-6-5-7-14(12)28(29)3/h4,9-11,16,21H,1,5-8H2,2-3H3,(H3-,24,25,26,31,33,34)/p+1/t11?,16?,21-/m1/s1. The number of fused-ring (bicyclic) bond motifs is 2. The highest BCUT2D eigenvalue weighted by Crippen LogP contribution is 2.44. The zero-order valence-electron chi connectivity index (χ0n) is 20.2. The van der Waals surface area contributed by atoms with Gasteiger partial charge in [-0.3, -0.25) is 14.5 Å². The Kier molecular flexibility index (Phi) is 6.54. The molecule has 2 aliphatic heterocycles. The fraction of sp³-hybridized carbons (Fsp3) is 0.391. The average molecular weight is 545 g/mol. The van der Waals surface area contributed by atoms with Crippen LogP contribution in [0.2, 0.25) is 0 Å². The number of aryl methyl sites for hydroxylation is 1. The van der Waals surface area contributed by atoms with E-state index in [0.717, 1.165) is 30.6 Å². The Morgan fingerprint density at radius 1 is 1.46 bits per heavy atom. The Labute approximate surface area is 220 Å². The van der Waals surface area contributed by atoms with E-state index in [2.05, 4.69) is 22.0 Å². The fourth-order valence-electron chi connectivity index (χ4n) is 4.89. The van der Waals surface area contributed by atoms with Crippen molar-refractivity contribution in [2.24, 2.45) is 12.2 Å². The third kappa shape index (κ3) is 4.19. The molecule has 2 amide bonds. The van der Waals surface area contributed by atoms with E-state index in [1.54, 1.807) is 5.38 Å². The molecule has 2 unspecified atom stereocenters. The van der Waals surface area contributed by atoms with E-state index in [0.29, 0.717) is 5.70 Å². The minimum atomic E-state index is -1.20. The second kappa shape index (κ2) is 9.67. The summed E-state index contributed by atoms with van der Waals surface area (Å²) >= 11 is 2.55. The summed E-state index contributed by atoms with van der Waals surface area (Å²) in [6, 6.07) is -0.945. The summed E-state index contributed by atoms with van der Waals surface area (Å²) in [5.41, 5.74) is 8.59. The molecule has 1 aliphatic carbocycles. The van der Waals surface area contributed by atoms with Gasteiger partial charge in [0.2, 0.25) is 11.9 Å². The number of amides is 2. The van der Waals surface area contributed by atoms with Gasteiger partial charge in [0.1, 0.15) is 23.7 Å². The summed E-state index contributed by atoms with van der Waals surface area (Å²) < 4.78 is 3.81. The molecule has 0 aromatic carbocycles. The summed E-state index contributed by atoms with van der Waals surface area (Å²) in [6.45, 7) is 5.52. The molecule has 2 aromatic rings. The Hall–Kier alpha value is -3.65. The highest BCUT2D eigenvalue weighted by Gasteiger charge is 2.58. The smallest absolute Gasteiger partial charge is 0.359 e. The van der Waals surface area contributed by atoms with Crippen molar-refractivity contribution in [3.05, 3.63) is 46.9 Å². The normalized spacial score (nSPS) is 22.9. The molecule has 3 aliphatic rings. The molecule has 4 N–H and O–H groups in total. The van der Waals surface area contributed by atoms with Gasteiger partial charge in [-0.2, -0.15) is 4.68 Å². The molecule has 4 heterocycles. The van der Waals surface area contributed by atoms with Crippen molar-refractivity contribution in [3.8, 4) is 0 Å². The second-order valence-electron chi connectivity index (χ2n) is 8.79. The molecule has 0 bridgehead atoms. The zero-order chi connectivity index (χ0) is 26.4. The minimum absolute atomic E-state index is 0.0678. The first-order valence-corrected chi connectivity index (χ1v) is 13.4. The summed E-state index contributed by atoms with van der Waals surface area (Å²) in [7, 11) is 1.90. The molecule has 2 aromatic heterocycles. The number of thiazole rings is 1. The van der Waals surface area contributed by atoms with Gasteiger partial charge in [-0.1, -0.05) is 22.5 Å². The first-order valence-electron chi connectivity index (χ1n) is 11.6. The lowest BCUT2D eigenvalue weighted by Gasteiger charge is -2.49. The number of carboxylic acid groups (broad SMARTS) is 1. The molecular weight excluding hydrogens is 518 g/mol. The molecule has 1 saturated heterocycles. The third-order valence-corrected chi connectivity index (χ3v) is 8.61. The van der Waals surface area contributed by atoms with Crippen molar-refractivity contribution in [1.82, 2.24) is 19.9 Å². The van der Waals surface area contributed by atoms with Gasteiger partial charge in [0.15, 0.2) is 10.8 Å². The highest BCUT2D eigenvalue weighted by atomic mass is 32.2. The number of thioether (sulfide) groups is 1. The van der Waals surface area contributed by atoms with Crippen LogP contribution in [-0.4, -0.2) is 66.4 Å². The van der Waals surface area contributed by atoms with Crippen LogP contribution in [0.3, 0.4) is 0 Å². The zero-order valence-corrected chi connectivity index (χ0v) is 21.8. The molecule has 1 fully saturated rings. The lowest BCUT2D eigenvalue weighted by Crippen LogP contribution is -2.72. The van der Waals surface area contributed by atoms with Gasteiger partial charge in [0, 0.05) is 10.9 Å². The number of nitrogens with one attached hydrogen (secondary N) is 1.